The van der Waals surface area contributed by atoms with Gasteiger partial charge in [0.25, 0.3) is 0 Å². The van der Waals surface area contributed by atoms with Crippen LogP contribution in [0.4, 0.5) is 4.39 Å². The number of hydrogen-bond acceptors (Lipinski definition) is 2. The Labute approximate surface area is 111 Å². The molecule has 1 heterocycles. The Bertz CT molecular complexity index is 390. The molecule has 0 spiro atoms. The lowest BCUT2D eigenvalue weighted by Gasteiger charge is -2.20. The van der Waals surface area contributed by atoms with E-state index in [1.807, 2.05) is 0 Å². The number of benzene rings is 1. The molecule has 0 amide bonds. The molecule has 2 rings (SSSR count). The summed E-state index contributed by atoms with van der Waals surface area (Å²) in [5, 5.41) is 3.70. The molecule has 1 aliphatic rings. The highest BCUT2D eigenvalue weighted by molar-refractivity contribution is 6.42. The lowest BCUT2D eigenvalue weighted by molar-refractivity contribution is 0.284. The third-order valence-electron chi connectivity index (χ3n) is 2.94. The maximum atomic E-state index is 13.2. The summed E-state index contributed by atoms with van der Waals surface area (Å²) in [6.45, 7) is 4.76. The van der Waals surface area contributed by atoms with Crippen LogP contribution in [0.3, 0.4) is 0 Å². The Hall–Kier alpha value is -0.350. The summed E-state index contributed by atoms with van der Waals surface area (Å²) in [5.74, 6) is -0.460. The van der Waals surface area contributed by atoms with Crippen molar-refractivity contribution in [1.29, 1.82) is 0 Å². The molecule has 0 saturated carbocycles. The normalized spacial score (nSPS) is 18.1. The predicted molar refractivity (Wildman–Crippen MR) is 69.2 cm³/mol. The molecular formula is C12H15Cl2FN2. The van der Waals surface area contributed by atoms with Crippen molar-refractivity contribution in [3.8, 4) is 0 Å². The average molecular weight is 277 g/mol. The zero-order valence-corrected chi connectivity index (χ0v) is 11.0. The Morgan fingerprint density at radius 1 is 1.18 bits per heavy atom. The third kappa shape index (κ3) is 3.32. The molecule has 17 heavy (non-hydrogen) atoms. The lowest BCUT2D eigenvalue weighted by atomic mass is 10.2. The first-order valence-corrected chi connectivity index (χ1v) is 6.49. The molecule has 5 heteroatoms. The fourth-order valence-corrected chi connectivity index (χ4v) is 2.39. The Balaban J connectivity index is 2.09. The quantitative estimate of drug-likeness (QED) is 0.836. The Kier molecular flexibility index (Phi) is 4.62. The van der Waals surface area contributed by atoms with Crippen LogP contribution in [0.15, 0.2) is 12.1 Å². The molecule has 0 unspecified atom stereocenters. The Morgan fingerprint density at radius 2 is 2.00 bits per heavy atom. The summed E-state index contributed by atoms with van der Waals surface area (Å²) in [6.07, 6.45) is 1.12. The highest BCUT2D eigenvalue weighted by atomic mass is 35.5. The Morgan fingerprint density at radius 3 is 2.82 bits per heavy atom. The van der Waals surface area contributed by atoms with E-state index in [2.05, 4.69) is 10.2 Å². The molecule has 1 aliphatic heterocycles. The monoisotopic (exact) mass is 276 g/mol. The van der Waals surface area contributed by atoms with Gasteiger partial charge in [-0.25, -0.2) is 4.39 Å². The van der Waals surface area contributed by atoms with Gasteiger partial charge in [-0.1, -0.05) is 29.3 Å². The van der Waals surface area contributed by atoms with Gasteiger partial charge in [0.2, 0.25) is 0 Å². The minimum absolute atomic E-state index is 0.0251. The van der Waals surface area contributed by atoms with Crippen molar-refractivity contribution in [1.82, 2.24) is 10.2 Å². The molecule has 1 N–H and O–H groups in total. The molecule has 0 aromatic heterocycles. The summed E-state index contributed by atoms with van der Waals surface area (Å²) >= 11 is 11.8. The van der Waals surface area contributed by atoms with E-state index in [1.165, 1.54) is 6.07 Å². The maximum Gasteiger partial charge on any atom is 0.143 e. The highest BCUT2D eigenvalue weighted by Crippen LogP contribution is 2.29. The highest BCUT2D eigenvalue weighted by Gasteiger charge is 2.14. The number of hydrogen-bond donors (Lipinski definition) is 1. The molecule has 0 aliphatic carbocycles. The molecule has 1 fully saturated rings. The second-order valence-corrected chi connectivity index (χ2v) is 4.97. The lowest BCUT2D eigenvalue weighted by Crippen LogP contribution is -2.27. The van der Waals surface area contributed by atoms with Gasteiger partial charge < -0.3 is 5.32 Å². The fraction of sp³-hybridized carbons (Fsp3) is 0.500. The molecule has 2 nitrogen and oxygen atoms in total. The smallest absolute Gasteiger partial charge is 0.143 e. The maximum absolute atomic E-state index is 13.2. The van der Waals surface area contributed by atoms with Crippen LogP contribution in [0.1, 0.15) is 12.0 Å². The van der Waals surface area contributed by atoms with Crippen LogP contribution in [0.5, 0.6) is 0 Å². The van der Waals surface area contributed by atoms with Crippen LogP contribution in [-0.4, -0.2) is 31.1 Å². The number of halogens is 3. The average Bonchev–Trinajstić information content (AvgIpc) is 2.59. The minimum Gasteiger partial charge on any atom is -0.315 e. The zero-order valence-electron chi connectivity index (χ0n) is 9.48. The van der Waals surface area contributed by atoms with Crippen LogP contribution in [0.25, 0.3) is 0 Å². The van der Waals surface area contributed by atoms with Crippen LogP contribution in [0, 0.1) is 5.82 Å². The molecule has 1 saturated heterocycles. The first kappa shape index (κ1) is 13.1. The van der Waals surface area contributed by atoms with Gasteiger partial charge in [-0.2, -0.15) is 0 Å². The number of rotatable bonds is 2. The zero-order chi connectivity index (χ0) is 12.3. The topological polar surface area (TPSA) is 15.3 Å². The molecule has 0 bridgehead atoms. The molecule has 1 aromatic carbocycles. The fourth-order valence-electron chi connectivity index (χ4n) is 1.99. The van der Waals surface area contributed by atoms with E-state index >= 15 is 0 Å². The molecular weight excluding hydrogens is 262 g/mol. The summed E-state index contributed by atoms with van der Waals surface area (Å²) in [5.41, 5.74) is 0.889. The van der Waals surface area contributed by atoms with E-state index in [-0.39, 0.29) is 5.02 Å². The van der Waals surface area contributed by atoms with E-state index < -0.39 is 5.82 Å². The van der Waals surface area contributed by atoms with Gasteiger partial charge in [0.05, 0.1) is 10.0 Å². The van der Waals surface area contributed by atoms with Gasteiger partial charge in [-0.15, -0.1) is 0 Å². The van der Waals surface area contributed by atoms with Crippen molar-refractivity contribution in [3.63, 3.8) is 0 Å². The molecule has 0 atom stereocenters. The van der Waals surface area contributed by atoms with E-state index in [4.69, 9.17) is 23.2 Å². The second-order valence-electron chi connectivity index (χ2n) is 4.21. The van der Waals surface area contributed by atoms with Crippen molar-refractivity contribution in [2.45, 2.75) is 13.0 Å². The van der Waals surface area contributed by atoms with E-state index in [9.17, 15) is 4.39 Å². The van der Waals surface area contributed by atoms with Gasteiger partial charge in [-0.05, 0) is 31.1 Å². The number of nitrogens with zero attached hydrogens (tertiary/aromatic N) is 1. The van der Waals surface area contributed by atoms with Crippen molar-refractivity contribution in [2.24, 2.45) is 0 Å². The first-order valence-electron chi connectivity index (χ1n) is 5.74. The second kappa shape index (κ2) is 6.01. The largest absolute Gasteiger partial charge is 0.315 e. The van der Waals surface area contributed by atoms with Gasteiger partial charge in [-0.3, -0.25) is 4.90 Å². The summed E-state index contributed by atoms with van der Waals surface area (Å²) in [6, 6.07) is 3.08. The van der Waals surface area contributed by atoms with Gasteiger partial charge in [0.1, 0.15) is 5.82 Å². The van der Waals surface area contributed by atoms with Crippen molar-refractivity contribution in [3.05, 3.63) is 33.6 Å². The van der Waals surface area contributed by atoms with Crippen molar-refractivity contribution < 1.29 is 4.39 Å². The summed E-state index contributed by atoms with van der Waals surface area (Å²) < 4.78 is 13.2. The summed E-state index contributed by atoms with van der Waals surface area (Å²) in [7, 11) is 0. The van der Waals surface area contributed by atoms with Crippen LogP contribution >= 0.6 is 23.2 Å². The standard InChI is InChI=1S/C12H15Cl2FN2/c13-11-9(2-3-10(15)12(11)14)8-17-6-1-4-16-5-7-17/h2-3,16H,1,4-8H2. The predicted octanol–water partition coefficient (Wildman–Crippen LogP) is 2.93. The van der Waals surface area contributed by atoms with Crippen LogP contribution in [-0.2, 0) is 6.54 Å². The van der Waals surface area contributed by atoms with Crippen molar-refractivity contribution >= 4 is 23.2 Å². The molecule has 1 aromatic rings. The third-order valence-corrected chi connectivity index (χ3v) is 3.84. The van der Waals surface area contributed by atoms with E-state index in [0.717, 1.165) is 44.7 Å². The minimum atomic E-state index is -0.460. The van der Waals surface area contributed by atoms with E-state index in [1.54, 1.807) is 6.07 Å². The first-order chi connectivity index (χ1) is 8.18. The van der Waals surface area contributed by atoms with Crippen LogP contribution < -0.4 is 5.32 Å². The molecule has 94 valence electrons. The van der Waals surface area contributed by atoms with E-state index in [0.29, 0.717) is 5.02 Å². The van der Waals surface area contributed by atoms with Crippen molar-refractivity contribution in [2.75, 3.05) is 26.2 Å². The van der Waals surface area contributed by atoms with Gasteiger partial charge in [0.15, 0.2) is 0 Å². The van der Waals surface area contributed by atoms with Gasteiger partial charge >= 0.3 is 0 Å². The SMILES string of the molecule is Fc1ccc(CN2CCCNCC2)c(Cl)c1Cl. The molecule has 0 radical (unpaired) electrons. The van der Waals surface area contributed by atoms with Crippen LogP contribution in [0.2, 0.25) is 10.0 Å². The summed E-state index contributed by atoms with van der Waals surface area (Å²) in [4.78, 5) is 2.30. The van der Waals surface area contributed by atoms with Gasteiger partial charge in [0, 0.05) is 19.6 Å². The number of nitrogens with one attached hydrogen (secondary N) is 1.